The monoisotopic (exact) mass is 370 g/mol. The van der Waals surface area contributed by atoms with Crippen LogP contribution in [0.3, 0.4) is 0 Å². The fraction of sp³-hybridized carbons (Fsp3) is 0.381. The molecular formula is C21H28N3O3+. The number of nitrogens with one attached hydrogen (secondary N) is 2. The van der Waals surface area contributed by atoms with Crippen LogP contribution in [0.15, 0.2) is 54.6 Å². The van der Waals surface area contributed by atoms with Gasteiger partial charge in [0.25, 0.3) is 0 Å². The third-order valence-electron chi connectivity index (χ3n) is 4.73. The number of aliphatic hydroxyl groups is 1. The van der Waals surface area contributed by atoms with Crippen LogP contribution in [-0.2, 0) is 4.79 Å². The molecule has 1 saturated heterocycles. The van der Waals surface area contributed by atoms with Gasteiger partial charge in [-0.3, -0.25) is 4.79 Å². The summed E-state index contributed by atoms with van der Waals surface area (Å²) in [5, 5.41) is 13.0. The molecule has 3 rings (SSSR count). The first kappa shape index (κ1) is 19.2. The molecule has 1 aliphatic heterocycles. The molecule has 3 N–H and O–H groups in total. The van der Waals surface area contributed by atoms with E-state index in [0.717, 1.165) is 31.9 Å². The van der Waals surface area contributed by atoms with E-state index in [9.17, 15) is 9.90 Å². The van der Waals surface area contributed by atoms with E-state index in [4.69, 9.17) is 4.74 Å². The summed E-state index contributed by atoms with van der Waals surface area (Å²) in [7, 11) is 0. The topological polar surface area (TPSA) is 66.2 Å². The molecule has 1 fully saturated rings. The zero-order valence-corrected chi connectivity index (χ0v) is 15.7. The van der Waals surface area contributed by atoms with Gasteiger partial charge in [0.1, 0.15) is 25.0 Å². The summed E-state index contributed by atoms with van der Waals surface area (Å²) in [6, 6.07) is 17.6. The number of anilines is 2. The van der Waals surface area contributed by atoms with Crippen molar-refractivity contribution in [3.8, 4) is 5.75 Å². The van der Waals surface area contributed by atoms with Crippen molar-refractivity contribution in [2.45, 2.75) is 13.0 Å². The van der Waals surface area contributed by atoms with Gasteiger partial charge in [0.15, 0.2) is 0 Å². The maximum absolute atomic E-state index is 11.0. The highest BCUT2D eigenvalue weighted by atomic mass is 16.5. The van der Waals surface area contributed by atoms with Gasteiger partial charge in [-0.25, -0.2) is 0 Å². The minimum atomic E-state index is -0.502. The highest BCUT2D eigenvalue weighted by molar-refractivity contribution is 5.88. The number of benzene rings is 2. The molecule has 0 spiro atoms. The Bertz CT molecular complexity index is 713. The minimum absolute atomic E-state index is 0.102. The molecule has 0 aliphatic carbocycles. The van der Waals surface area contributed by atoms with Crippen LogP contribution in [0.4, 0.5) is 11.4 Å². The van der Waals surface area contributed by atoms with Crippen LogP contribution in [-0.4, -0.2) is 56.4 Å². The predicted octanol–water partition coefficient (Wildman–Crippen LogP) is 0.790. The van der Waals surface area contributed by atoms with Gasteiger partial charge in [0, 0.05) is 18.3 Å². The second-order valence-corrected chi connectivity index (χ2v) is 6.95. The number of rotatable bonds is 7. The molecule has 27 heavy (non-hydrogen) atoms. The van der Waals surface area contributed by atoms with E-state index in [1.807, 2.05) is 6.07 Å². The molecule has 0 unspecified atom stereocenters. The van der Waals surface area contributed by atoms with E-state index < -0.39 is 6.10 Å². The molecule has 0 aromatic heterocycles. The SMILES string of the molecule is CC(=O)Nc1ccc(OC[C@@H](O)C[NH+]2CCN(c3ccccc3)CC2)cc1. The lowest BCUT2D eigenvalue weighted by molar-refractivity contribution is -0.903. The van der Waals surface area contributed by atoms with Gasteiger partial charge in [0.05, 0.1) is 26.2 Å². The van der Waals surface area contributed by atoms with Crippen molar-refractivity contribution in [3.63, 3.8) is 0 Å². The Morgan fingerprint density at radius 1 is 1.15 bits per heavy atom. The molecule has 144 valence electrons. The van der Waals surface area contributed by atoms with Gasteiger partial charge in [-0.2, -0.15) is 0 Å². The minimum Gasteiger partial charge on any atom is -0.491 e. The summed E-state index contributed by atoms with van der Waals surface area (Å²) < 4.78 is 5.67. The van der Waals surface area contributed by atoms with E-state index in [1.165, 1.54) is 17.5 Å². The lowest BCUT2D eigenvalue weighted by atomic mass is 10.2. The van der Waals surface area contributed by atoms with Crippen molar-refractivity contribution < 1.29 is 19.5 Å². The van der Waals surface area contributed by atoms with Crippen molar-refractivity contribution in [2.75, 3.05) is 49.5 Å². The van der Waals surface area contributed by atoms with Crippen molar-refractivity contribution >= 4 is 17.3 Å². The number of carbonyl (C=O) groups excluding carboxylic acids is 1. The Balaban J connectivity index is 1.38. The number of piperazine rings is 1. The molecule has 0 bridgehead atoms. The van der Waals surface area contributed by atoms with E-state index in [0.29, 0.717) is 12.3 Å². The van der Waals surface area contributed by atoms with Crippen LogP contribution in [0.5, 0.6) is 5.75 Å². The van der Waals surface area contributed by atoms with Crippen molar-refractivity contribution in [1.29, 1.82) is 0 Å². The molecular weight excluding hydrogens is 342 g/mol. The van der Waals surface area contributed by atoms with Crippen LogP contribution in [0.2, 0.25) is 0 Å². The van der Waals surface area contributed by atoms with Crippen molar-refractivity contribution in [3.05, 3.63) is 54.6 Å². The normalized spacial score (nSPS) is 16.0. The maximum Gasteiger partial charge on any atom is 0.221 e. The fourth-order valence-electron chi connectivity index (χ4n) is 3.35. The van der Waals surface area contributed by atoms with Gasteiger partial charge in [-0.15, -0.1) is 0 Å². The molecule has 0 radical (unpaired) electrons. The standard InChI is InChI=1S/C21H27N3O3/c1-17(25)22-18-7-9-21(10-8-18)27-16-20(26)15-23-11-13-24(14-12-23)19-5-3-2-4-6-19/h2-10,20,26H,11-16H2,1H3,(H,22,25)/p+1/t20-/m0/s1. The average molecular weight is 370 g/mol. The highest BCUT2D eigenvalue weighted by Gasteiger charge is 2.22. The van der Waals surface area contributed by atoms with Crippen molar-refractivity contribution in [2.24, 2.45) is 0 Å². The quantitative estimate of drug-likeness (QED) is 0.674. The number of ether oxygens (including phenoxy) is 1. The molecule has 1 heterocycles. The van der Waals surface area contributed by atoms with Crippen LogP contribution in [0, 0.1) is 0 Å². The summed E-state index contributed by atoms with van der Waals surface area (Å²) in [4.78, 5) is 14.8. The third-order valence-corrected chi connectivity index (χ3v) is 4.73. The molecule has 2 aromatic rings. The molecule has 0 saturated carbocycles. The van der Waals surface area contributed by atoms with Crippen LogP contribution in [0.1, 0.15) is 6.92 Å². The van der Waals surface area contributed by atoms with Crippen molar-refractivity contribution in [1.82, 2.24) is 0 Å². The molecule has 1 atom stereocenters. The van der Waals surface area contributed by atoms with Crippen LogP contribution >= 0.6 is 0 Å². The molecule has 1 aliphatic rings. The number of carbonyl (C=O) groups is 1. The lowest BCUT2D eigenvalue weighted by Gasteiger charge is -2.34. The van der Waals surface area contributed by atoms with Gasteiger partial charge < -0.3 is 25.0 Å². The molecule has 6 nitrogen and oxygen atoms in total. The number of hydrogen-bond donors (Lipinski definition) is 3. The Kier molecular flexibility index (Phi) is 6.68. The first-order chi connectivity index (χ1) is 13.1. The Labute approximate surface area is 160 Å². The van der Waals surface area contributed by atoms with E-state index in [-0.39, 0.29) is 12.5 Å². The zero-order chi connectivity index (χ0) is 19.1. The number of hydrogen-bond acceptors (Lipinski definition) is 4. The van der Waals surface area contributed by atoms with E-state index in [2.05, 4.69) is 34.5 Å². The number of para-hydroxylation sites is 1. The van der Waals surface area contributed by atoms with Gasteiger partial charge in [-0.1, -0.05) is 18.2 Å². The van der Waals surface area contributed by atoms with E-state index in [1.54, 1.807) is 24.3 Å². The highest BCUT2D eigenvalue weighted by Crippen LogP contribution is 2.16. The van der Waals surface area contributed by atoms with Gasteiger partial charge in [-0.05, 0) is 36.4 Å². The smallest absolute Gasteiger partial charge is 0.221 e. The van der Waals surface area contributed by atoms with Gasteiger partial charge in [0.2, 0.25) is 5.91 Å². The first-order valence-electron chi connectivity index (χ1n) is 9.42. The predicted molar refractivity (Wildman–Crippen MR) is 106 cm³/mol. The third kappa shape index (κ3) is 5.98. The second-order valence-electron chi connectivity index (χ2n) is 6.95. The average Bonchev–Trinajstić information content (AvgIpc) is 2.68. The summed E-state index contributed by atoms with van der Waals surface area (Å²) in [5.74, 6) is 0.585. The molecule has 1 amide bonds. The second kappa shape index (κ2) is 9.39. The van der Waals surface area contributed by atoms with E-state index >= 15 is 0 Å². The van der Waals surface area contributed by atoms with Crippen LogP contribution in [0.25, 0.3) is 0 Å². The fourth-order valence-corrected chi connectivity index (χ4v) is 3.35. The van der Waals surface area contributed by atoms with Crippen LogP contribution < -0.4 is 19.9 Å². The number of quaternary nitrogens is 1. The maximum atomic E-state index is 11.0. The summed E-state index contributed by atoms with van der Waals surface area (Å²) in [6.07, 6.45) is -0.502. The lowest BCUT2D eigenvalue weighted by Crippen LogP contribution is -3.16. The number of aliphatic hydroxyl groups excluding tert-OH is 1. The molecule has 2 aromatic carbocycles. The molecule has 6 heteroatoms. The Morgan fingerprint density at radius 3 is 2.44 bits per heavy atom. The zero-order valence-electron chi connectivity index (χ0n) is 15.7. The Morgan fingerprint density at radius 2 is 1.81 bits per heavy atom. The number of nitrogens with zero attached hydrogens (tertiary/aromatic N) is 1. The first-order valence-corrected chi connectivity index (χ1v) is 9.42. The summed E-state index contributed by atoms with van der Waals surface area (Å²) in [5.41, 5.74) is 2.00. The number of amides is 1. The summed E-state index contributed by atoms with van der Waals surface area (Å²) in [6.45, 7) is 6.45. The summed E-state index contributed by atoms with van der Waals surface area (Å²) >= 11 is 0. The largest absolute Gasteiger partial charge is 0.491 e. The Hall–Kier alpha value is -2.57. The van der Waals surface area contributed by atoms with Gasteiger partial charge >= 0.3 is 0 Å².